The van der Waals surface area contributed by atoms with Gasteiger partial charge >= 0.3 is 0 Å². The molecule has 0 aliphatic heterocycles. The van der Waals surface area contributed by atoms with Crippen LogP contribution >= 0.6 is 11.3 Å². The predicted molar refractivity (Wildman–Crippen MR) is 129 cm³/mol. The zero-order chi connectivity index (χ0) is 20.2. The largest absolute Gasteiger partial charge is 0.508 e. The quantitative estimate of drug-likeness (QED) is 0.333. The van der Waals surface area contributed by atoms with Crippen LogP contribution in [-0.4, -0.2) is 27.7 Å². The van der Waals surface area contributed by atoms with Gasteiger partial charge in [0, 0.05) is 39.7 Å². The number of benzene rings is 2. The summed E-state index contributed by atoms with van der Waals surface area (Å²) in [6.45, 7) is 4.94. The minimum absolute atomic E-state index is 0. The SMILES string of the molecule is C.CC(C)Nc1cc(NCCc2ccc(O)cc2)nc(-c2csc3ccccc23)n1. The number of rotatable bonds is 7. The van der Waals surface area contributed by atoms with Gasteiger partial charge in [-0.1, -0.05) is 37.8 Å². The average Bonchev–Trinajstić information content (AvgIpc) is 3.13. The van der Waals surface area contributed by atoms with Crippen molar-refractivity contribution < 1.29 is 5.11 Å². The Balaban J connectivity index is 0.00000256. The van der Waals surface area contributed by atoms with Crippen LogP contribution in [0.4, 0.5) is 11.6 Å². The van der Waals surface area contributed by atoms with E-state index in [9.17, 15) is 5.11 Å². The molecule has 0 amide bonds. The molecule has 0 saturated carbocycles. The van der Waals surface area contributed by atoms with E-state index in [0.717, 1.165) is 41.6 Å². The van der Waals surface area contributed by atoms with Crippen LogP contribution in [-0.2, 0) is 6.42 Å². The summed E-state index contributed by atoms with van der Waals surface area (Å²) >= 11 is 1.71. The molecule has 0 bridgehead atoms. The van der Waals surface area contributed by atoms with Gasteiger partial charge in [0.2, 0.25) is 0 Å². The third kappa shape index (κ3) is 5.07. The van der Waals surface area contributed by atoms with Crippen LogP contribution in [0.15, 0.2) is 60.0 Å². The Hall–Kier alpha value is -3.12. The second-order valence-electron chi connectivity index (χ2n) is 7.25. The van der Waals surface area contributed by atoms with E-state index in [1.54, 1.807) is 23.5 Å². The lowest BCUT2D eigenvalue weighted by Gasteiger charge is -2.13. The maximum absolute atomic E-state index is 9.42. The predicted octanol–water partition coefficient (Wildman–Crippen LogP) is 6.17. The van der Waals surface area contributed by atoms with Gasteiger partial charge in [0.25, 0.3) is 0 Å². The van der Waals surface area contributed by atoms with Gasteiger partial charge in [-0.3, -0.25) is 0 Å². The van der Waals surface area contributed by atoms with E-state index < -0.39 is 0 Å². The number of hydrogen-bond acceptors (Lipinski definition) is 6. The summed E-state index contributed by atoms with van der Waals surface area (Å²) < 4.78 is 1.23. The van der Waals surface area contributed by atoms with Crippen molar-refractivity contribution in [1.29, 1.82) is 0 Å². The van der Waals surface area contributed by atoms with Gasteiger partial charge in [-0.05, 0) is 44.0 Å². The molecule has 0 fully saturated rings. The maximum atomic E-state index is 9.42. The van der Waals surface area contributed by atoms with Crippen molar-refractivity contribution in [3.8, 4) is 17.1 Å². The molecular weight excluding hydrogens is 392 g/mol. The van der Waals surface area contributed by atoms with Crippen LogP contribution in [0.3, 0.4) is 0 Å². The first kappa shape index (κ1) is 21.6. The van der Waals surface area contributed by atoms with Crippen molar-refractivity contribution in [2.24, 2.45) is 0 Å². The summed E-state index contributed by atoms with van der Waals surface area (Å²) in [5.74, 6) is 2.62. The highest BCUT2D eigenvalue weighted by Gasteiger charge is 2.12. The molecule has 0 spiro atoms. The van der Waals surface area contributed by atoms with Crippen molar-refractivity contribution >= 4 is 33.1 Å². The molecule has 2 aromatic carbocycles. The third-order valence-corrected chi connectivity index (χ3v) is 5.50. The molecule has 0 saturated heterocycles. The Kier molecular flexibility index (Phi) is 6.90. The van der Waals surface area contributed by atoms with Crippen molar-refractivity contribution in [3.63, 3.8) is 0 Å². The van der Waals surface area contributed by atoms with Gasteiger partial charge in [0.1, 0.15) is 17.4 Å². The lowest BCUT2D eigenvalue weighted by atomic mass is 10.1. The van der Waals surface area contributed by atoms with Crippen molar-refractivity contribution in [3.05, 3.63) is 65.5 Å². The van der Waals surface area contributed by atoms with E-state index in [4.69, 9.17) is 9.97 Å². The van der Waals surface area contributed by atoms with Gasteiger partial charge in [0.05, 0.1) is 0 Å². The van der Waals surface area contributed by atoms with Gasteiger partial charge in [-0.15, -0.1) is 11.3 Å². The first-order valence-electron chi connectivity index (χ1n) is 9.72. The zero-order valence-electron chi connectivity index (χ0n) is 16.5. The molecule has 0 radical (unpaired) electrons. The molecule has 6 heteroatoms. The van der Waals surface area contributed by atoms with Crippen LogP contribution in [0.2, 0.25) is 0 Å². The number of aromatic hydroxyl groups is 1. The second kappa shape index (κ2) is 9.59. The molecule has 0 unspecified atom stereocenters. The Labute approximate surface area is 181 Å². The van der Waals surface area contributed by atoms with Gasteiger partial charge in [-0.25, -0.2) is 9.97 Å². The van der Waals surface area contributed by atoms with Gasteiger partial charge in [-0.2, -0.15) is 0 Å². The number of fused-ring (bicyclic) bond motifs is 1. The average molecular weight is 421 g/mol. The number of phenols is 1. The Morgan fingerprint density at radius 2 is 1.73 bits per heavy atom. The lowest BCUT2D eigenvalue weighted by molar-refractivity contribution is 0.475. The first-order valence-corrected chi connectivity index (χ1v) is 10.6. The highest BCUT2D eigenvalue weighted by atomic mass is 32.1. The zero-order valence-corrected chi connectivity index (χ0v) is 17.3. The molecule has 5 nitrogen and oxygen atoms in total. The number of anilines is 2. The molecule has 2 heterocycles. The minimum Gasteiger partial charge on any atom is -0.508 e. The minimum atomic E-state index is 0. The van der Waals surface area contributed by atoms with Crippen molar-refractivity contribution in [2.45, 2.75) is 33.7 Å². The van der Waals surface area contributed by atoms with Crippen LogP contribution < -0.4 is 10.6 Å². The molecule has 0 atom stereocenters. The maximum Gasteiger partial charge on any atom is 0.165 e. The summed E-state index contributed by atoms with van der Waals surface area (Å²) in [7, 11) is 0. The summed E-state index contributed by atoms with van der Waals surface area (Å²) in [6.07, 6.45) is 0.841. The van der Waals surface area contributed by atoms with E-state index in [1.165, 1.54) is 10.1 Å². The van der Waals surface area contributed by atoms with Crippen molar-refractivity contribution in [2.75, 3.05) is 17.2 Å². The lowest BCUT2D eigenvalue weighted by Crippen LogP contribution is -2.13. The van der Waals surface area contributed by atoms with Crippen LogP contribution in [0, 0.1) is 0 Å². The summed E-state index contributed by atoms with van der Waals surface area (Å²) in [6, 6.07) is 17.9. The van der Waals surface area contributed by atoms with E-state index >= 15 is 0 Å². The highest BCUT2D eigenvalue weighted by Crippen LogP contribution is 2.33. The summed E-state index contributed by atoms with van der Waals surface area (Å²) in [4.78, 5) is 9.54. The molecule has 4 rings (SSSR count). The number of phenolic OH excluding ortho intramolecular Hbond substituents is 1. The van der Waals surface area contributed by atoms with Crippen LogP contribution in [0.5, 0.6) is 5.75 Å². The van der Waals surface area contributed by atoms with E-state index in [1.807, 2.05) is 24.3 Å². The Morgan fingerprint density at radius 1 is 1.00 bits per heavy atom. The monoisotopic (exact) mass is 420 g/mol. The molecule has 2 aromatic heterocycles. The molecule has 4 aromatic rings. The fourth-order valence-electron chi connectivity index (χ4n) is 3.18. The summed E-state index contributed by atoms with van der Waals surface area (Å²) in [5.41, 5.74) is 2.22. The first-order chi connectivity index (χ1) is 14.1. The topological polar surface area (TPSA) is 70.1 Å². The molecular formula is C24H28N4OS. The molecule has 3 N–H and O–H groups in total. The van der Waals surface area contributed by atoms with E-state index in [-0.39, 0.29) is 19.2 Å². The number of thiophene rings is 1. The van der Waals surface area contributed by atoms with Crippen molar-refractivity contribution in [1.82, 2.24) is 9.97 Å². The number of aromatic nitrogens is 2. The number of hydrogen-bond donors (Lipinski definition) is 3. The van der Waals surface area contributed by atoms with Crippen LogP contribution in [0.1, 0.15) is 26.8 Å². The number of nitrogens with one attached hydrogen (secondary N) is 2. The summed E-state index contributed by atoms with van der Waals surface area (Å²) in [5, 5.41) is 19.5. The van der Waals surface area contributed by atoms with E-state index in [2.05, 4.69) is 48.1 Å². The third-order valence-electron chi connectivity index (χ3n) is 4.54. The smallest absolute Gasteiger partial charge is 0.165 e. The molecule has 0 aliphatic carbocycles. The fourth-order valence-corrected chi connectivity index (χ4v) is 4.12. The Morgan fingerprint density at radius 3 is 2.50 bits per heavy atom. The fraction of sp³-hybridized carbons (Fsp3) is 0.250. The Bertz CT molecular complexity index is 1110. The molecule has 0 aliphatic rings. The number of nitrogens with zero attached hydrogens (tertiary/aromatic N) is 2. The highest BCUT2D eigenvalue weighted by molar-refractivity contribution is 7.17. The molecule has 156 valence electrons. The van der Waals surface area contributed by atoms with Gasteiger partial charge < -0.3 is 15.7 Å². The second-order valence-corrected chi connectivity index (χ2v) is 8.16. The van der Waals surface area contributed by atoms with Gasteiger partial charge in [0.15, 0.2) is 5.82 Å². The molecule has 30 heavy (non-hydrogen) atoms. The normalized spacial score (nSPS) is 10.8. The van der Waals surface area contributed by atoms with Crippen LogP contribution in [0.25, 0.3) is 21.5 Å². The standard InChI is InChI=1S/C23H24N4OS.CH4/c1-15(2)25-22-13-21(24-12-11-16-7-9-17(28)10-8-16)26-23(27-22)19-14-29-20-6-4-3-5-18(19)20;/h3-10,13-15,28H,11-12H2,1-2H3,(H2,24,25,26,27);1H4. The van der Waals surface area contributed by atoms with E-state index in [0.29, 0.717) is 0 Å².